The van der Waals surface area contributed by atoms with Gasteiger partial charge in [0.15, 0.2) is 11.5 Å². The van der Waals surface area contributed by atoms with Gasteiger partial charge in [0.1, 0.15) is 11.4 Å². The summed E-state index contributed by atoms with van der Waals surface area (Å²) in [5, 5.41) is 23.9. The Bertz CT molecular complexity index is 1410. The number of hydrogen-bond acceptors (Lipinski definition) is 8. The van der Waals surface area contributed by atoms with Crippen molar-refractivity contribution in [1.29, 1.82) is 0 Å². The summed E-state index contributed by atoms with van der Waals surface area (Å²) in [5.41, 5.74) is 1.22. The number of alkyl halides is 3. The van der Waals surface area contributed by atoms with Crippen LogP contribution >= 0.6 is 0 Å². The fourth-order valence-corrected chi connectivity index (χ4v) is 5.44. The maximum Gasteiger partial charge on any atom is 0.416 e. The third kappa shape index (κ3) is 5.76. The quantitative estimate of drug-likeness (QED) is 0.330. The Balaban J connectivity index is 1.57. The highest BCUT2D eigenvalue weighted by Crippen LogP contribution is 2.46. The van der Waals surface area contributed by atoms with Crippen LogP contribution in [0.15, 0.2) is 54.6 Å². The van der Waals surface area contributed by atoms with Crippen molar-refractivity contribution < 1.29 is 17.9 Å². The molecule has 0 aliphatic carbocycles. The molecule has 1 N–H and O–H groups in total. The number of halogens is 3. The number of aromatic amines is 1. The summed E-state index contributed by atoms with van der Waals surface area (Å²) in [5.74, 6) is 0.543. The van der Waals surface area contributed by atoms with E-state index in [2.05, 4.69) is 35.8 Å². The van der Waals surface area contributed by atoms with E-state index in [9.17, 15) is 13.2 Å². The molecule has 2 aromatic heterocycles. The van der Waals surface area contributed by atoms with Crippen molar-refractivity contribution in [3.8, 4) is 0 Å². The Kier molecular flexibility index (Phi) is 7.97. The van der Waals surface area contributed by atoms with Crippen molar-refractivity contribution in [3.05, 3.63) is 88.5 Å². The summed E-state index contributed by atoms with van der Waals surface area (Å²) in [6.45, 7) is 3.58. The van der Waals surface area contributed by atoms with Crippen LogP contribution in [0.1, 0.15) is 52.8 Å². The molecule has 1 fully saturated rings. The van der Waals surface area contributed by atoms with Gasteiger partial charge >= 0.3 is 6.18 Å². The van der Waals surface area contributed by atoms with Gasteiger partial charge in [-0.3, -0.25) is 4.90 Å². The van der Waals surface area contributed by atoms with E-state index in [0.717, 1.165) is 42.0 Å². The second-order valence-electron chi connectivity index (χ2n) is 10.3. The van der Waals surface area contributed by atoms with Crippen LogP contribution in [-0.4, -0.2) is 66.1 Å². The number of aromatic nitrogens is 7. The van der Waals surface area contributed by atoms with Gasteiger partial charge in [0, 0.05) is 19.5 Å². The van der Waals surface area contributed by atoms with Crippen molar-refractivity contribution in [2.75, 3.05) is 20.6 Å². The fraction of sp³-hybridized carbons (Fsp3) is 0.444. The number of ether oxygens (including phenoxy) is 1. The Morgan fingerprint density at radius 2 is 1.85 bits per heavy atom. The Morgan fingerprint density at radius 3 is 2.55 bits per heavy atom. The topological polar surface area (TPSA) is 101 Å². The van der Waals surface area contributed by atoms with Gasteiger partial charge < -0.3 is 9.64 Å². The first kappa shape index (κ1) is 27.9. The summed E-state index contributed by atoms with van der Waals surface area (Å²) >= 11 is 0. The van der Waals surface area contributed by atoms with Gasteiger partial charge in [0.05, 0.1) is 18.2 Å². The zero-order valence-corrected chi connectivity index (χ0v) is 22.6. The van der Waals surface area contributed by atoms with Crippen LogP contribution in [0.4, 0.5) is 13.2 Å². The van der Waals surface area contributed by atoms with Gasteiger partial charge in [-0.25, -0.2) is 0 Å². The molecular weight excluding hydrogens is 523 g/mol. The maximum atomic E-state index is 13.4. The molecule has 1 aliphatic heterocycles. The average molecular weight is 556 g/mol. The molecule has 0 radical (unpaired) electrons. The zero-order chi connectivity index (χ0) is 28.3. The maximum absolute atomic E-state index is 13.4. The molecule has 4 aromatic rings. The number of likely N-dealkylation sites (tertiary alicyclic amines) is 1. The second-order valence-corrected chi connectivity index (χ2v) is 10.3. The first-order valence-corrected chi connectivity index (χ1v) is 13.0. The normalized spacial score (nSPS) is 20.3. The average Bonchev–Trinajstić information content (AvgIpc) is 3.56. The van der Waals surface area contributed by atoms with Gasteiger partial charge in [0.2, 0.25) is 0 Å². The molecule has 0 saturated carbocycles. The lowest BCUT2D eigenvalue weighted by Gasteiger charge is -2.49. The van der Waals surface area contributed by atoms with Crippen molar-refractivity contribution in [3.63, 3.8) is 0 Å². The van der Waals surface area contributed by atoms with Crippen molar-refractivity contribution in [2.24, 2.45) is 0 Å². The van der Waals surface area contributed by atoms with Crippen molar-refractivity contribution in [2.45, 2.75) is 57.4 Å². The van der Waals surface area contributed by atoms with E-state index in [1.165, 1.54) is 6.07 Å². The van der Waals surface area contributed by atoms with E-state index in [-0.39, 0.29) is 12.6 Å². The molecule has 1 aliphatic rings. The van der Waals surface area contributed by atoms with Crippen LogP contribution in [-0.2, 0) is 36.3 Å². The fourth-order valence-electron chi connectivity index (χ4n) is 5.44. The van der Waals surface area contributed by atoms with Crippen LogP contribution in [0.25, 0.3) is 0 Å². The summed E-state index contributed by atoms with van der Waals surface area (Å²) in [4.78, 5) is 4.29. The molecule has 212 valence electrons. The lowest BCUT2D eigenvalue weighted by molar-refractivity contribution is -0.203. The molecular formula is C27H32F3N9O. The van der Waals surface area contributed by atoms with E-state index in [1.54, 1.807) is 17.7 Å². The summed E-state index contributed by atoms with van der Waals surface area (Å²) in [6.07, 6.45) is -3.15. The van der Waals surface area contributed by atoms with Crippen molar-refractivity contribution >= 4 is 0 Å². The number of hydrogen-bond donors (Lipinski definition) is 1. The lowest BCUT2D eigenvalue weighted by atomic mass is 9.86. The minimum absolute atomic E-state index is 0.0593. The minimum atomic E-state index is -4.45. The number of rotatable bonds is 9. The molecule has 13 heteroatoms. The number of piperidine rings is 1. The molecule has 0 bridgehead atoms. The predicted molar refractivity (Wildman–Crippen MR) is 139 cm³/mol. The number of nitrogens with zero attached hydrogens (tertiary/aromatic N) is 8. The van der Waals surface area contributed by atoms with Gasteiger partial charge in [-0.1, -0.05) is 42.5 Å². The van der Waals surface area contributed by atoms with Crippen LogP contribution in [0.5, 0.6) is 0 Å². The van der Waals surface area contributed by atoms with Crippen LogP contribution in [0.2, 0.25) is 0 Å². The molecule has 2 atom stereocenters. The molecule has 1 saturated heterocycles. The number of tetrazole rings is 1. The van der Waals surface area contributed by atoms with Gasteiger partial charge in [-0.2, -0.15) is 33.3 Å². The molecule has 40 heavy (non-hydrogen) atoms. The summed E-state index contributed by atoms with van der Waals surface area (Å²) < 4.78 is 48.7. The zero-order valence-electron chi connectivity index (χ0n) is 22.6. The number of aryl methyl sites for hydroxylation is 1. The van der Waals surface area contributed by atoms with Crippen LogP contribution < -0.4 is 0 Å². The van der Waals surface area contributed by atoms with Gasteiger partial charge in [0.25, 0.3) is 0 Å². The van der Waals surface area contributed by atoms with Gasteiger partial charge in [-0.15, -0.1) is 5.10 Å². The molecule has 2 aromatic carbocycles. The first-order chi connectivity index (χ1) is 19.2. The smallest absolute Gasteiger partial charge is 0.347 e. The van der Waals surface area contributed by atoms with Gasteiger partial charge in [-0.05, 0) is 67.7 Å². The molecule has 0 spiro atoms. The third-order valence-electron chi connectivity index (χ3n) is 7.14. The number of benzene rings is 2. The number of nitrogens with one attached hydrogen (secondary N) is 1. The molecule has 2 unspecified atom stereocenters. The third-order valence-corrected chi connectivity index (χ3v) is 7.14. The standard InChI is InChI=1S/C27H32F3N9O/c1-19-31-35-36-39(19)26(40-18-20-9-7-12-22(15-20)27(28,29)30)13-8-14-38(25(26)21-10-5-4-6-11-21)17-24-23(16-37(2)3)32-34-33-24/h4-7,9-12,15,25H,8,13-14,16-18H2,1-3H3,(H,32,33,34). The summed E-state index contributed by atoms with van der Waals surface area (Å²) in [7, 11) is 3.94. The molecule has 0 amide bonds. The molecule has 10 nitrogen and oxygen atoms in total. The lowest BCUT2D eigenvalue weighted by Crippen LogP contribution is -2.54. The SMILES string of the molecule is Cc1nnnn1C1(OCc2cccc(C(F)(F)F)c2)CCCN(Cc2n[nH]nc2CN(C)C)C1c1ccccc1. The Labute approximate surface area is 230 Å². The van der Waals surface area contributed by atoms with Crippen LogP contribution in [0, 0.1) is 6.92 Å². The predicted octanol–water partition coefficient (Wildman–Crippen LogP) is 4.09. The van der Waals surface area contributed by atoms with E-state index in [0.29, 0.717) is 30.9 Å². The molecule has 3 heterocycles. The van der Waals surface area contributed by atoms with E-state index in [4.69, 9.17) is 4.74 Å². The number of H-pyrrole nitrogens is 1. The summed E-state index contributed by atoms with van der Waals surface area (Å²) in [6, 6.07) is 14.7. The van der Waals surface area contributed by atoms with Crippen molar-refractivity contribution in [1.82, 2.24) is 45.4 Å². The highest BCUT2D eigenvalue weighted by molar-refractivity contribution is 5.26. The first-order valence-electron chi connectivity index (χ1n) is 13.0. The van der Waals surface area contributed by atoms with Crippen LogP contribution in [0.3, 0.4) is 0 Å². The molecule has 5 rings (SSSR count). The minimum Gasteiger partial charge on any atom is -0.347 e. The monoisotopic (exact) mass is 555 g/mol. The largest absolute Gasteiger partial charge is 0.416 e. The Hall–Kier alpha value is -3.68. The van der Waals surface area contributed by atoms with E-state index >= 15 is 0 Å². The highest BCUT2D eigenvalue weighted by atomic mass is 19.4. The van der Waals surface area contributed by atoms with E-state index in [1.807, 2.05) is 49.3 Å². The Morgan fingerprint density at radius 1 is 1.07 bits per heavy atom. The highest BCUT2D eigenvalue weighted by Gasteiger charge is 2.50. The van der Waals surface area contributed by atoms with E-state index < -0.39 is 17.5 Å². The second kappa shape index (κ2) is 11.4.